The Morgan fingerprint density at radius 3 is 1.81 bits per heavy atom. The predicted octanol–water partition coefficient (Wildman–Crippen LogP) is 8.49. The van der Waals surface area contributed by atoms with E-state index in [1.807, 2.05) is 0 Å². The summed E-state index contributed by atoms with van der Waals surface area (Å²) in [5, 5.41) is 0. The van der Waals surface area contributed by atoms with Crippen molar-refractivity contribution in [3.8, 4) is 0 Å². The number of hydrogen-bond donors (Lipinski definition) is 0. The SMILES string of the molecule is C=C(OC)/C(F)=C\C(=C)C(C)CCC(C)C(C)CCC(C)CC.CCC. The fourth-order valence-corrected chi connectivity index (χ4v) is 2.50. The second kappa shape index (κ2) is 16.1. The van der Waals surface area contributed by atoms with Crippen LogP contribution >= 0.6 is 0 Å². The molecule has 0 aliphatic rings. The van der Waals surface area contributed by atoms with Gasteiger partial charge in [-0.05, 0) is 48.2 Å². The van der Waals surface area contributed by atoms with Gasteiger partial charge in [0.2, 0.25) is 0 Å². The van der Waals surface area contributed by atoms with Crippen LogP contribution in [0.15, 0.2) is 36.4 Å². The summed E-state index contributed by atoms with van der Waals surface area (Å²) in [4.78, 5) is 0. The van der Waals surface area contributed by atoms with Crippen LogP contribution in [0, 0.1) is 23.7 Å². The van der Waals surface area contributed by atoms with Gasteiger partial charge in [-0.2, -0.15) is 0 Å². The predicted molar refractivity (Wildman–Crippen MR) is 116 cm³/mol. The van der Waals surface area contributed by atoms with Crippen LogP contribution in [0.3, 0.4) is 0 Å². The maximum absolute atomic E-state index is 13.7. The first-order valence-corrected chi connectivity index (χ1v) is 10.4. The topological polar surface area (TPSA) is 9.23 Å². The van der Waals surface area contributed by atoms with Crippen molar-refractivity contribution >= 4 is 0 Å². The van der Waals surface area contributed by atoms with Crippen LogP contribution in [-0.2, 0) is 4.74 Å². The van der Waals surface area contributed by atoms with Gasteiger partial charge in [-0.25, -0.2) is 4.39 Å². The minimum absolute atomic E-state index is 0.0605. The Labute approximate surface area is 163 Å². The van der Waals surface area contributed by atoms with Gasteiger partial charge in [-0.1, -0.05) is 87.3 Å². The van der Waals surface area contributed by atoms with Crippen LogP contribution in [0.2, 0.25) is 0 Å². The molecule has 0 spiro atoms. The van der Waals surface area contributed by atoms with Crippen molar-refractivity contribution in [2.24, 2.45) is 23.7 Å². The van der Waals surface area contributed by atoms with Crippen molar-refractivity contribution in [2.75, 3.05) is 7.11 Å². The second-order valence-electron chi connectivity index (χ2n) is 7.93. The highest BCUT2D eigenvalue weighted by atomic mass is 19.1. The van der Waals surface area contributed by atoms with Crippen LogP contribution in [-0.4, -0.2) is 7.11 Å². The van der Waals surface area contributed by atoms with E-state index in [4.69, 9.17) is 4.74 Å². The molecule has 26 heavy (non-hydrogen) atoms. The van der Waals surface area contributed by atoms with Gasteiger partial charge in [-0.15, -0.1) is 0 Å². The number of hydrogen-bond acceptors (Lipinski definition) is 1. The lowest BCUT2D eigenvalue weighted by Crippen LogP contribution is -2.11. The fourth-order valence-electron chi connectivity index (χ4n) is 2.50. The van der Waals surface area contributed by atoms with E-state index in [2.05, 4.69) is 61.6 Å². The van der Waals surface area contributed by atoms with Gasteiger partial charge in [0, 0.05) is 0 Å². The molecule has 0 heterocycles. The molecule has 0 saturated heterocycles. The summed E-state index contributed by atoms with van der Waals surface area (Å²) in [7, 11) is 1.42. The Bertz CT molecular complexity index is 410. The Hall–Kier alpha value is -1.05. The summed E-state index contributed by atoms with van der Waals surface area (Å²) in [6, 6.07) is 0. The molecule has 154 valence electrons. The largest absolute Gasteiger partial charge is 0.494 e. The molecule has 0 N–H and O–H groups in total. The highest BCUT2D eigenvalue weighted by molar-refractivity contribution is 5.27. The lowest BCUT2D eigenvalue weighted by Gasteiger charge is -2.23. The van der Waals surface area contributed by atoms with Crippen molar-refractivity contribution < 1.29 is 9.13 Å². The maximum Gasteiger partial charge on any atom is 0.164 e. The van der Waals surface area contributed by atoms with E-state index < -0.39 is 5.83 Å². The second-order valence-corrected chi connectivity index (χ2v) is 7.93. The smallest absolute Gasteiger partial charge is 0.164 e. The molecule has 0 fully saturated rings. The molecule has 0 aromatic rings. The summed E-state index contributed by atoms with van der Waals surface area (Å²) in [6.07, 6.45) is 8.78. The normalized spacial score (nSPS) is 16.0. The van der Waals surface area contributed by atoms with Crippen molar-refractivity contribution in [2.45, 2.75) is 87.0 Å². The van der Waals surface area contributed by atoms with Crippen molar-refractivity contribution in [3.63, 3.8) is 0 Å². The Morgan fingerprint density at radius 1 is 0.923 bits per heavy atom. The molecule has 0 radical (unpaired) electrons. The van der Waals surface area contributed by atoms with E-state index in [-0.39, 0.29) is 11.7 Å². The van der Waals surface area contributed by atoms with Gasteiger partial charge in [0.25, 0.3) is 0 Å². The molecule has 0 amide bonds. The van der Waals surface area contributed by atoms with Crippen LogP contribution < -0.4 is 0 Å². The molecule has 1 nitrogen and oxygen atoms in total. The molecule has 0 rings (SSSR count). The average molecular weight is 369 g/mol. The highest BCUT2D eigenvalue weighted by Crippen LogP contribution is 2.28. The standard InChI is InChI=1S/C21H37FO.C3H8/c1-9-15(2)10-11-16(3)17(4)12-13-18(5)19(6)14-21(22)20(7)23-8;1-3-2/h14-18H,6-7,9-13H2,1-5,8H3;3H2,1-2H3/b21-14+;. The van der Waals surface area contributed by atoms with Crippen molar-refractivity contribution in [1.82, 2.24) is 0 Å². The van der Waals surface area contributed by atoms with E-state index in [0.29, 0.717) is 5.92 Å². The monoisotopic (exact) mass is 368 g/mol. The van der Waals surface area contributed by atoms with E-state index in [1.165, 1.54) is 38.9 Å². The Morgan fingerprint density at radius 2 is 1.38 bits per heavy atom. The third-order valence-electron chi connectivity index (χ3n) is 5.30. The van der Waals surface area contributed by atoms with Crippen LogP contribution in [0.1, 0.15) is 87.0 Å². The number of halogens is 1. The molecule has 2 heteroatoms. The van der Waals surface area contributed by atoms with Gasteiger partial charge in [0.15, 0.2) is 5.83 Å². The summed E-state index contributed by atoms with van der Waals surface area (Å²) in [5.41, 5.74) is 0.806. The summed E-state index contributed by atoms with van der Waals surface area (Å²) < 4.78 is 18.5. The molecule has 4 atom stereocenters. The summed E-state index contributed by atoms with van der Waals surface area (Å²) in [6.45, 7) is 23.2. The minimum atomic E-state index is -0.431. The first-order chi connectivity index (χ1) is 12.1. The van der Waals surface area contributed by atoms with Crippen LogP contribution in [0.4, 0.5) is 4.39 Å². The lowest BCUT2D eigenvalue weighted by atomic mass is 9.83. The number of rotatable bonds is 12. The molecule has 0 aromatic carbocycles. The first-order valence-electron chi connectivity index (χ1n) is 10.4. The zero-order chi connectivity index (χ0) is 20.7. The number of ether oxygens (including phenoxy) is 1. The van der Waals surface area contributed by atoms with Crippen molar-refractivity contribution in [3.05, 3.63) is 36.4 Å². The van der Waals surface area contributed by atoms with E-state index in [9.17, 15) is 4.39 Å². The lowest BCUT2D eigenvalue weighted by molar-refractivity contribution is 0.284. The van der Waals surface area contributed by atoms with Gasteiger partial charge in [0.1, 0.15) is 5.76 Å². The Balaban J connectivity index is 0. The third-order valence-corrected chi connectivity index (χ3v) is 5.30. The highest BCUT2D eigenvalue weighted by Gasteiger charge is 2.16. The maximum atomic E-state index is 13.7. The molecule has 0 aliphatic carbocycles. The van der Waals surface area contributed by atoms with Crippen LogP contribution in [0.5, 0.6) is 0 Å². The van der Waals surface area contributed by atoms with E-state index in [0.717, 1.165) is 30.3 Å². The fraction of sp³-hybridized carbons (Fsp3) is 0.750. The van der Waals surface area contributed by atoms with Gasteiger partial charge in [-0.3, -0.25) is 0 Å². The molecule has 0 saturated carbocycles. The molecule has 0 aromatic heterocycles. The van der Waals surface area contributed by atoms with E-state index in [1.54, 1.807) is 0 Å². The van der Waals surface area contributed by atoms with Gasteiger partial charge < -0.3 is 4.74 Å². The number of allylic oxidation sites excluding steroid dienone is 3. The molecular weight excluding hydrogens is 323 g/mol. The van der Waals surface area contributed by atoms with Crippen molar-refractivity contribution in [1.29, 1.82) is 0 Å². The van der Waals surface area contributed by atoms with Gasteiger partial charge in [0.05, 0.1) is 7.11 Å². The first kappa shape index (κ1) is 27.2. The average Bonchev–Trinajstić information content (AvgIpc) is 2.62. The molecule has 0 bridgehead atoms. The summed E-state index contributed by atoms with van der Waals surface area (Å²) >= 11 is 0. The zero-order valence-corrected chi connectivity index (χ0v) is 18.8. The zero-order valence-electron chi connectivity index (χ0n) is 18.8. The Kier molecular flexibility index (Phi) is 16.9. The van der Waals surface area contributed by atoms with E-state index >= 15 is 0 Å². The quantitative estimate of drug-likeness (QED) is 0.248. The summed E-state index contributed by atoms with van der Waals surface area (Å²) in [5.74, 6) is 2.16. The van der Waals surface area contributed by atoms with Gasteiger partial charge >= 0.3 is 0 Å². The molecule has 4 unspecified atom stereocenters. The number of methoxy groups -OCH3 is 1. The third kappa shape index (κ3) is 13.2. The molecular formula is C24H45FO. The molecule has 0 aliphatic heterocycles. The van der Waals surface area contributed by atoms with Crippen LogP contribution in [0.25, 0.3) is 0 Å². The minimum Gasteiger partial charge on any atom is -0.494 e.